The van der Waals surface area contributed by atoms with Gasteiger partial charge in [-0.1, -0.05) is 17.7 Å². The first kappa shape index (κ1) is 23.1. The van der Waals surface area contributed by atoms with Crippen molar-refractivity contribution in [1.29, 1.82) is 0 Å². The standard InChI is InChI=1S/C24H30N2O4/c1-6-30-20-9-7-19(8-10-20)21(27)11-12-23(29)26(5)15-22(28)25-24-17(3)13-16(2)14-18(24)4/h7-10,13-14H,6,11-12,15H2,1-5H3,(H,25,28). The number of carbonyl (C=O) groups excluding carboxylic acids is 3. The van der Waals surface area contributed by atoms with Gasteiger partial charge < -0.3 is 15.0 Å². The van der Waals surface area contributed by atoms with Crippen molar-refractivity contribution >= 4 is 23.3 Å². The number of ether oxygens (including phenoxy) is 1. The van der Waals surface area contributed by atoms with Crippen LogP contribution in [0.25, 0.3) is 0 Å². The van der Waals surface area contributed by atoms with Gasteiger partial charge in [0.05, 0.1) is 13.2 Å². The zero-order chi connectivity index (χ0) is 22.3. The predicted molar refractivity (Wildman–Crippen MR) is 118 cm³/mol. The normalized spacial score (nSPS) is 10.4. The van der Waals surface area contributed by atoms with Crippen molar-refractivity contribution in [1.82, 2.24) is 4.90 Å². The molecule has 0 aliphatic rings. The number of carbonyl (C=O) groups is 3. The maximum atomic E-state index is 12.4. The molecule has 2 aromatic carbocycles. The molecular weight excluding hydrogens is 380 g/mol. The number of rotatable bonds is 9. The van der Waals surface area contributed by atoms with E-state index in [4.69, 9.17) is 4.74 Å². The van der Waals surface area contributed by atoms with Crippen LogP contribution < -0.4 is 10.1 Å². The number of hydrogen-bond donors (Lipinski definition) is 1. The third-order valence-electron chi connectivity index (χ3n) is 4.80. The minimum Gasteiger partial charge on any atom is -0.494 e. The number of anilines is 1. The van der Waals surface area contributed by atoms with Crippen LogP contribution in [0.4, 0.5) is 5.69 Å². The van der Waals surface area contributed by atoms with E-state index in [1.54, 1.807) is 31.3 Å². The lowest BCUT2D eigenvalue weighted by Gasteiger charge is -2.18. The topological polar surface area (TPSA) is 75.7 Å². The third-order valence-corrected chi connectivity index (χ3v) is 4.80. The van der Waals surface area contributed by atoms with E-state index >= 15 is 0 Å². The molecule has 0 heterocycles. The lowest BCUT2D eigenvalue weighted by molar-refractivity contribution is -0.133. The van der Waals surface area contributed by atoms with E-state index in [0.717, 1.165) is 22.4 Å². The van der Waals surface area contributed by atoms with Crippen LogP contribution in [0.2, 0.25) is 0 Å². The van der Waals surface area contributed by atoms with Crippen LogP contribution in [0.15, 0.2) is 36.4 Å². The van der Waals surface area contributed by atoms with Crippen LogP contribution in [-0.4, -0.2) is 42.7 Å². The fraction of sp³-hybridized carbons (Fsp3) is 0.375. The lowest BCUT2D eigenvalue weighted by Crippen LogP contribution is -2.35. The van der Waals surface area contributed by atoms with Crippen LogP contribution in [-0.2, 0) is 9.59 Å². The summed E-state index contributed by atoms with van der Waals surface area (Å²) >= 11 is 0. The summed E-state index contributed by atoms with van der Waals surface area (Å²) in [5, 5.41) is 2.89. The van der Waals surface area contributed by atoms with Crippen molar-refractivity contribution in [3.63, 3.8) is 0 Å². The summed E-state index contributed by atoms with van der Waals surface area (Å²) in [6, 6.07) is 10.9. The van der Waals surface area contributed by atoms with Gasteiger partial charge >= 0.3 is 0 Å². The van der Waals surface area contributed by atoms with E-state index in [2.05, 4.69) is 5.32 Å². The van der Waals surface area contributed by atoms with Gasteiger partial charge in [-0.05, 0) is 63.1 Å². The molecule has 0 unspecified atom stereocenters. The average Bonchev–Trinajstić information content (AvgIpc) is 2.69. The van der Waals surface area contributed by atoms with Crippen molar-refractivity contribution in [3.05, 3.63) is 58.7 Å². The van der Waals surface area contributed by atoms with Crippen LogP contribution in [0.3, 0.4) is 0 Å². The summed E-state index contributed by atoms with van der Waals surface area (Å²) in [5.41, 5.74) is 4.41. The smallest absolute Gasteiger partial charge is 0.243 e. The Kier molecular flexibility index (Phi) is 8.16. The summed E-state index contributed by atoms with van der Waals surface area (Å²) in [6.07, 6.45) is 0.146. The first-order chi connectivity index (χ1) is 14.2. The molecule has 0 spiro atoms. The molecule has 2 aromatic rings. The summed E-state index contributed by atoms with van der Waals surface area (Å²) < 4.78 is 5.36. The molecule has 0 fully saturated rings. The molecule has 0 aromatic heterocycles. The highest BCUT2D eigenvalue weighted by atomic mass is 16.5. The number of amides is 2. The molecule has 30 heavy (non-hydrogen) atoms. The van der Waals surface area contributed by atoms with Gasteiger partial charge in [0.25, 0.3) is 0 Å². The van der Waals surface area contributed by atoms with E-state index in [1.165, 1.54) is 4.90 Å². The van der Waals surface area contributed by atoms with E-state index in [1.807, 2.05) is 39.8 Å². The number of nitrogens with one attached hydrogen (secondary N) is 1. The molecule has 2 amide bonds. The Bertz CT molecular complexity index is 896. The minimum absolute atomic E-state index is 0.0540. The Morgan fingerprint density at radius 2 is 1.57 bits per heavy atom. The second kappa shape index (κ2) is 10.6. The lowest BCUT2D eigenvalue weighted by atomic mass is 10.1. The van der Waals surface area contributed by atoms with Crippen LogP contribution in [0, 0.1) is 20.8 Å². The van der Waals surface area contributed by atoms with E-state index in [0.29, 0.717) is 17.9 Å². The Hall–Kier alpha value is -3.15. The van der Waals surface area contributed by atoms with Crippen molar-refractivity contribution < 1.29 is 19.1 Å². The number of nitrogens with zero attached hydrogens (tertiary/aromatic N) is 1. The Morgan fingerprint density at radius 3 is 2.13 bits per heavy atom. The maximum absolute atomic E-state index is 12.4. The number of benzene rings is 2. The number of hydrogen-bond acceptors (Lipinski definition) is 4. The van der Waals surface area contributed by atoms with Gasteiger partial charge in [-0.15, -0.1) is 0 Å². The predicted octanol–water partition coefficient (Wildman–Crippen LogP) is 4.07. The van der Waals surface area contributed by atoms with Crippen molar-refractivity contribution in [3.8, 4) is 5.75 Å². The van der Waals surface area contributed by atoms with E-state index in [-0.39, 0.29) is 37.0 Å². The minimum atomic E-state index is -0.265. The molecule has 0 radical (unpaired) electrons. The van der Waals surface area contributed by atoms with Crippen LogP contribution in [0.1, 0.15) is 46.8 Å². The van der Waals surface area contributed by atoms with Crippen molar-refractivity contribution in [2.75, 3.05) is 25.5 Å². The Balaban J connectivity index is 1.85. The molecule has 0 aliphatic heterocycles. The molecule has 6 heteroatoms. The molecule has 0 atom stereocenters. The van der Waals surface area contributed by atoms with E-state index in [9.17, 15) is 14.4 Å². The van der Waals surface area contributed by atoms with Crippen LogP contribution in [0.5, 0.6) is 5.75 Å². The summed E-state index contributed by atoms with van der Waals surface area (Å²) in [6.45, 7) is 8.28. The number of aryl methyl sites for hydroxylation is 3. The quantitative estimate of drug-likeness (QED) is 0.632. The van der Waals surface area contributed by atoms with Crippen molar-refractivity contribution in [2.24, 2.45) is 0 Å². The molecule has 2 rings (SSSR count). The van der Waals surface area contributed by atoms with Gasteiger partial charge in [0.15, 0.2) is 5.78 Å². The van der Waals surface area contributed by atoms with Gasteiger partial charge in [-0.25, -0.2) is 0 Å². The third kappa shape index (κ3) is 6.44. The Labute approximate surface area is 178 Å². The summed E-state index contributed by atoms with van der Waals surface area (Å²) in [4.78, 5) is 38.4. The number of ketones is 1. The fourth-order valence-electron chi connectivity index (χ4n) is 3.32. The molecule has 0 aliphatic carbocycles. The molecule has 0 saturated heterocycles. The second-order valence-corrected chi connectivity index (χ2v) is 7.45. The van der Waals surface area contributed by atoms with Gasteiger partial charge in [-0.3, -0.25) is 14.4 Å². The zero-order valence-electron chi connectivity index (χ0n) is 18.4. The first-order valence-corrected chi connectivity index (χ1v) is 10.1. The highest BCUT2D eigenvalue weighted by Crippen LogP contribution is 2.22. The van der Waals surface area contributed by atoms with Crippen molar-refractivity contribution in [2.45, 2.75) is 40.5 Å². The maximum Gasteiger partial charge on any atom is 0.243 e. The number of Topliss-reactive ketones (excluding diaryl/α,β-unsaturated/α-hetero) is 1. The summed E-state index contributed by atoms with van der Waals surface area (Å²) in [7, 11) is 1.57. The molecule has 0 bridgehead atoms. The van der Waals surface area contributed by atoms with Gasteiger partial charge in [0, 0.05) is 31.1 Å². The highest BCUT2D eigenvalue weighted by Gasteiger charge is 2.16. The summed E-state index contributed by atoms with van der Waals surface area (Å²) in [5.74, 6) is 0.0746. The molecule has 1 N–H and O–H groups in total. The van der Waals surface area contributed by atoms with Gasteiger partial charge in [0.2, 0.25) is 11.8 Å². The fourth-order valence-corrected chi connectivity index (χ4v) is 3.32. The SMILES string of the molecule is CCOc1ccc(C(=O)CCC(=O)N(C)CC(=O)Nc2c(C)cc(C)cc2C)cc1. The van der Waals surface area contributed by atoms with Crippen LogP contribution >= 0.6 is 0 Å². The Morgan fingerprint density at radius 1 is 0.967 bits per heavy atom. The zero-order valence-corrected chi connectivity index (χ0v) is 18.4. The molecular formula is C24H30N2O4. The second-order valence-electron chi connectivity index (χ2n) is 7.45. The average molecular weight is 411 g/mol. The van der Waals surface area contributed by atoms with Gasteiger partial charge in [-0.2, -0.15) is 0 Å². The number of likely N-dealkylation sites (N-methyl/N-ethyl adjacent to an activating group) is 1. The van der Waals surface area contributed by atoms with Gasteiger partial charge in [0.1, 0.15) is 5.75 Å². The first-order valence-electron chi connectivity index (χ1n) is 10.1. The largest absolute Gasteiger partial charge is 0.494 e. The molecule has 6 nitrogen and oxygen atoms in total. The highest BCUT2D eigenvalue weighted by molar-refractivity contribution is 5.99. The molecule has 160 valence electrons. The monoisotopic (exact) mass is 410 g/mol. The van der Waals surface area contributed by atoms with E-state index < -0.39 is 0 Å². The molecule has 0 saturated carbocycles.